The third-order valence-electron chi connectivity index (χ3n) is 3.10. The van der Waals surface area contributed by atoms with Crippen LogP contribution in [-0.4, -0.2) is 17.7 Å². The van der Waals surface area contributed by atoms with Crippen LogP contribution in [-0.2, 0) is 4.74 Å². The van der Waals surface area contributed by atoms with Gasteiger partial charge < -0.3 is 14.2 Å². The van der Waals surface area contributed by atoms with E-state index in [0.717, 1.165) is 23.5 Å². The fourth-order valence-electron chi connectivity index (χ4n) is 1.89. The SMILES string of the molecule is CC[C@@H](C)O[C@H](c1ccc2c(c1)OCO2)[C@@H](C)Br. The van der Waals surface area contributed by atoms with Crippen LogP contribution in [0.5, 0.6) is 11.5 Å². The molecule has 0 N–H and O–H groups in total. The predicted molar refractivity (Wildman–Crippen MR) is 74.5 cm³/mol. The van der Waals surface area contributed by atoms with E-state index in [4.69, 9.17) is 14.2 Å². The summed E-state index contributed by atoms with van der Waals surface area (Å²) in [5.41, 5.74) is 1.11. The van der Waals surface area contributed by atoms with Crippen LogP contribution < -0.4 is 9.47 Å². The van der Waals surface area contributed by atoms with Crippen molar-refractivity contribution in [2.24, 2.45) is 0 Å². The zero-order valence-electron chi connectivity index (χ0n) is 11.0. The number of hydrogen-bond donors (Lipinski definition) is 0. The largest absolute Gasteiger partial charge is 0.454 e. The van der Waals surface area contributed by atoms with Crippen molar-refractivity contribution < 1.29 is 14.2 Å². The van der Waals surface area contributed by atoms with E-state index in [1.54, 1.807) is 0 Å². The zero-order valence-corrected chi connectivity index (χ0v) is 12.6. The van der Waals surface area contributed by atoms with Gasteiger partial charge in [0.2, 0.25) is 6.79 Å². The van der Waals surface area contributed by atoms with Crippen LogP contribution in [0.4, 0.5) is 0 Å². The summed E-state index contributed by atoms with van der Waals surface area (Å²) in [7, 11) is 0. The van der Waals surface area contributed by atoms with Gasteiger partial charge in [-0.25, -0.2) is 0 Å². The second kappa shape index (κ2) is 5.93. The van der Waals surface area contributed by atoms with E-state index < -0.39 is 0 Å². The molecule has 0 radical (unpaired) electrons. The molecular formula is C14H19BrO3. The first-order chi connectivity index (χ1) is 8.61. The highest BCUT2D eigenvalue weighted by Crippen LogP contribution is 2.37. The molecular weight excluding hydrogens is 296 g/mol. The molecule has 0 saturated heterocycles. The summed E-state index contributed by atoms with van der Waals surface area (Å²) in [5, 5.41) is 0. The van der Waals surface area contributed by atoms with Crippen molar-refractivity contribution in [3.63, 3.8) is 0 Å². The van der Waals surface area contributed by atoms with Crippen molar-refractivity contribution >= 4 is 15.9 Å². The van der Waals surface area contributed by atoms with Crippen molar-refractivity contribution in [3.05, 3.63) is 23.8 Å². The maximum Gasteiger partial charge on any atom is 0.231 e. The van der Waals surface area contributed by atoms with Crippen molar-refractivity contribution in [3.8, 4) is 11.5 Å². The predicted octanol–water partition coefficient (Wildman–Crippen LogP) is 4.05. The summed E-state index contributed by atoms with van der Waals surface area (Å²) >= 11 is 3.62. The third-order valence-corrected chi connectivity index (χ3v) is 3.58. The molecule has 0 unspecified atom stereocenters. The summed E-state index contributed by atoms with van der Waals surface area (Å²) in [4.78, 5) is 0.242. The van der Waals surface area contributed by atoms with Crippen molar-refractivity contribution in [1.29, 1.82) is 0 Å². The number of hydrogen-bond acceptors (Lipinski definition) is 3. The first-order valence-corrected chi connectivity index (χ1v) is 7.22. The molecule has 0 fully saturated rings. The lowest BCUT2D eigenvalue weighted by molar-refractivity contribution is -0.00306. The highest BCUT2D eigenvalue weighted by molar-refractivity contribution is 9.09. The smallest absolute Gasteiger partial charge is 0.231 e. The highest BCUT2D eigenvalue weighted by atomic mass is 79.9. The summed E-state index contributed by atoms with van der Waals surface area (Å²) in [6.45, 7) is 6.62. The third kappa shape index (κ3) is 2.98. The van der Waals surface area contributed by atoms with Gasteiger partial charge in [-0.05, 0) is 38.0 Å². The fraction of sp³-hybridized carbons (Fsp3) is 0.571. The van der Waals surface area contributed by atoms with E-state index in [-0.39, 0.29) is 17.0 Å². The molecule has 1 heterocycles. The fourth-order valence-corrected chi connectivity index (χ4v) is 2.32. The molecule has 1 aromatic carbocycles. The topological polar surface area (TPSA) is 27.7 Å². The van der Waals surface area contributed by atoms with Crippen molar-refractivity contribution in [2.45, 2.75) is 44.2 Å². The van der Waals surface area contributed by atoms with Crippen LogP contribution in [0.3, 0.4) is 0 Å². The Hall–Kier alpha value is -0.740. The van der Waals surface area contributed by atoms with Crippen LogP contribution in [0.1, 0.15) is 38.9 Å². The summed E-state index contributed by atoms with van der Waals surface area (Å²) in [5.74, 6) is 1.61. The minimum absolute atomic E-state index is 0.0226. The van der Waals surface area contributed by atoms with Gasteiger partial charge in [-0.3, -0.25) is 0 Å². The van der Waals surface area contributed by atoms with E-state index in [0.29, 0.717) is 6.79 Å². The molecule has 0 spiro atoms. The van der Waals surface area contributed by atoms with Gasteiger partial charge in [0.15, 0.2) is 11.5 Å². The standard InChI is InChI=1S/C14H19BrO3/c1-4-9(2)18-14(10(3)15)11-5-6-12-13(7-11)17-8-16-12/h5-7,9-10,14H,4,8H2,1-3H3/t9-,10-,14+/m1/s1. The van der Waals surface area contributed by atoms with Gasteiger partial charge in [-0.1, -0.05) is 28.9 Å². The van der Waals surface area contributed by atoms with Gasteiger partial charge in [-0.15, -0.1) is 0 Å². The lowest BCUT2D eigenvalue weighted by Gasteiger charge is -2.24. The Morgan fingerprint density at radius 2 is 2.00 bits per heavy atom. The summed E-state index contributed by atoms with van der Waals surface area (Å²) < 4.78 is 16.8. The maximum atomic E-state index is 6.06. The van der Waals surface area contributed by atoms with E-state index in [1.165, 1.54) is 0 Å². The lowest BCUT2D eigenvalue weighted by atomic mass is 10.1. The number of ether oxygens (including phenoxy) is 3. The van der Waals surface area contributed by atoms with Gasteiger partial charge >= 0.3 is 0 Å². The molecule has 3 nitrogen and oxygen atoms in total. The molecule has 100 valence electrons. The lowest BCUT2D eigenvalue weighted by Crippen LogP contribution is -2.19. The van der Waals surface area contributed by atoms with E-state index in [9.17, 15) is 0 Å². The van der Waals surface area contributed by atoms with Gasteiger partial charge in [-0.2, -0.15) is 0 Å². The molecule has 3 atom stereocenters. The molecule has 1 aliphatic heterocycles. The van der Waals surface area contributed by atoms with Crippen LogP contribution in [0, 0.1) is 0 Å². The monoisotopic (exact) mass is 314 g/mol. The molecule has 2 rings (SSSR count). The average Bonchev–Trinajstić information content (AvgIpc) is 2.82. The molecule has 1 aliphatic rings. The minimum Gasteiger partial charge on any atom is -0.454 e. The summed E-state index contributed by atoms with van der Waals surface area (Å²) in [6, 6.07) is 5.99. The normalized spacial score (nSPS) is 18.4. The Morgan fingerprint density at radius 3 is 2.67 bits per heavy atom. The Kier molecular flexibility index (Phi) is 4.51. The van der Waals surface area contributed by atoms with Crippen LogP contribution in [0.25, 0.3) is 0 Å². The van der Waals surface area contributed by atoms with Crippen LogP contribution in [0.2, 0.25) is 0 Å². The maximum absolute atomic E-state index is 6.06. The second-order valence-corrected chi connectivity index (χ2v) is 6.01. The van der Waals surface area contributed by atoms with E-state index >= 15 is 0 Å². The number of benzene rings is 1. The molecule has 18 heavy (non-hydrogen) atoms. The summed E-state index contributed by atoms with van der Waals surface area (Å²) in [6.07, 6.45) is 1.26. The first kappa shape index (κ1) is 13.7. The quantitative estimate of drug-likeness (QED) is 0.767. The van der Waals surface area contributed by atoms with Gasteiger partial charge in [0.25, 0.3) is 0 Å². The van der Waals surface area contributed by atoms with Gasteiger partial charge in [0.05, 0.1) is 12.2 Å². The molecule has 0 saturated carbocycles. The average molecular weight is 315 g/mol. The number of rotatable bonds is 5. The minimum atomic E-state index is 0.0226. The van der Waals surface area contributed by atoms with Crippen molar-refractivity contribution in [1.82, 2.24) is 0 Å². The molecule has 0 bridgehead atoms. The van der Waals surface area contributed by atoms with Gasteiger partial charge in [0.1, 0.15) is 0 Å². The van der Waals surface area contributed by atoms with Gasteiger partial charge in [0, 0.05) is 4.83 Å². The molecule has 0 aromatic heterocycles. The van der Waals surface area contributed by atoms with Crippen molar-refractivity contribution in [2.75, 3.05) is 6.79 Å². The molecule has 0 aliphatic carbocycles. The van der Waals surface area contributed by atoms with Crippen LogP contribution in [0.15, 0.2) is 18.2 Å². The molecule has 0 amide bonds. The highest BCUT2D eigenvalue weighted by Gasteiger charge is 2.23. The van der Waals surface area contributed by atoms with Crippen LogP contribution >= 0.6 is 15.9 Å². The Balaban J connectivity index is 2.20. The zero-order chi connectivity index (χ0) is 13.1. The van der Waals surface area contributed by atoms with E-state index in [2.05, 4.69) is 36.7 Å². The molecule has 1 aromatic rings. The number of alkyl halides is 1. The first-order valence-electron chi connectivity index (χ1n) is 6.31. The Morgan fingerprint density at radius 1 is 1.28 bits per heavy atom. The molecule has 4 heteroatoms. The Bertz CT molecular complexity index is 406. The Labute approximate surface area is 117 Å². The number of halogens is 1. The van der Waals surface area contributed by atoms with E-state index in [1.807, 2.05) is 18.2 Å². The number of fused-ring (bicyclic) bond motifs is 1. The second-order valence-electron chi connectivity index (χ2n) is 4.57.